The van der Waals surface area contributed by atoms with E-state index in [9.17, 15) is 0 Å². The number of nitrogens with zero attached hydrogens (tertiary/aromatic N) is 2. The highest BCUT2D eigenvalue weighted by Gasteiger charge is 2.09. The second kappa shape index (κ2) is 6.87. The van der Waals surface area contributed by atoms with Crippen molar-refractivity contribution < 1.29 is 4.74 Å². The van der Waals surface area contributed by atoms with Gasteiger partial charge in [0.05, 0.1) is 12.6 Å². The van der Waals surface area contributed by atoms with Crippen LogP contribution in [-0.4, -0.2) is 30.2 Å². The summed E-state index contributed by atoms with van der Waals surface area (Å²) in [7, 11) is 1.70. The highest BCUT2D eigenvalue weighted by Crippen LogP contribution is 2.22. The Morgan fingerprint density at radius 1 is 1.14 bits per heavy atom. The van der Waals surface area contributed by atoms with E-state index in [0.29, 0.717) is 0 Å². The first-order valence-electron chi connectivity index (χ1n) is 7.77. The SMILES string of the molecule is COc1ccc2nccc(CNN3CCCCCC3)c2c1. The third kappa shape index (κ3) is 3.52. The predicted molar refractivity (Wildman–Crippen MR) is 85.2 cm³/mol. The number of hydrogen-bond acceptors (Lipinski definition) is 4. The zero-order valence-corrected chi connectivity index (χ0v) is 12.6. The van der Waals surface area contributed by atoms with Crippen LogP contribution >= 0.6 is 0 Å². The topological polar surface area (TPSA) is 37.4 Å². The molecule has 0 unspecified atom stereocenters. The van der Waals surface area contributed by atoms with Crippen LogP contribution in [-0.2, 0) is 6.54 Å². The zero-order chi connectivity index (χ0) is 14.5. The van der Waals surface area contributed by atoms with Gasteiger partial charge in [0.15, 0.2) is 0 Å². The Hall–Kier alpha value is -1.65. The number of benzene rings is 1. The predicted octanol–water partition coefficient (Wildman–Crippen LogP) is 3.12. The molecule has 0 aliphatic carbocycles. The van der Waals surface area contributed by atoms with Crippen LogP contribution in [0.3, 0.4) is 0 Å². The molecule has 1 aromatic carbocycles. The summed E-state index contributed by atoms with van der Waals surface area (Å²) in [6.45, 7) is 3.13. The maximum absolute atomic E-state index is 5.33. The van der Waals surface area contributed by atoms with Crippen LogP contribution in [0.2, 0.25) is 0 Å². The quantitative estimate of drug-likeness (QED) is 0.936. The normalized spacial score (nSPS) is 16.8. The van der Waals surface area contributed by atoms with Gasteiger partial charge in [0.25, 0.3) is 0 Å². The molecule has 21 heavy (non-hydrogen) atoms. The van der Waals surface area contributed by atoms with E-state index >= 15 is 0 Å². The molecule has 1 saturated heterocycles. The number of fused-ring (bicyclic) bond motifs is 1. The van der Waals surface area contributed by atoms with Crippen LogP contribution < -0.4 is 10.2 Å². The van der Waals surface area contributed by atoms with Crippen molar-refractivity contribution >= 4 is 10.9 Å². The molecule has 0 radical (unpaired) electrons. The van der Waals surface area contributed by atoms with E-state index < -0.39 is 0 Å². The third-order valence-corrected chi connectivity index (χ3v) is 4.14. The van der Waals surface area contributed by atoms with E-state index in [0.717, 1.165) is 30.9 Å². The lowest BCUT2D eigenvalue weighted by Crippen LogP contribution is -2.38. The summed E-state index contributed by atoms with van der Waals surface area (Å²) in [6.07, 6.45) is 7.17. The van der Waals surface area contributed by atoms with Gasteiger partial charge in [0.1, 0.15) is 5.75 Å². The van der Waals surface area contributed by atoms with E-state index in [2.05, 4.69) is 27.6 Å². The van der Waals surface area contributed by atoms with Gasteiger partial charge in [-0.05, 0) is 42.7 Å². The Bertz CT molecular complexity index is 592. The summed E-state index contributed by atoms with van der Waals surface area (Å²) in [4.78, 5) is 4.43. The van der Waals surface area contributed by atoms with Crippen molar-refractivity contribution in [3.05, 3.63) is 36.0 Å². The van der Waals surface area contributed by atoms with Crippen LogP contribution in [0.15, 0.2) is 30.5 Å². The summed E-state index contributed by atoms with van der Waals surface area (Å²) in [5, 5.41) is 3.53. The molecule has 3 rings (SSSR count). The molecule has 0 saturated carbocycles. The minimum Gasteiger partial charge on any atom is -0.497 e. The number of hydrazine groups is 1. The second-order valence-corrected chi connectivity index (χ2v) is 5.59. The van der Waals surface area contributed by atoms with E-state index in [1.165, 1.54) is 36.6 Å². The van der Waals surface area contributed by atoms with Crippen molar-refractivity contribution in [2.24, 2.45) is 0 Å². The monoisotopic (exact) mass is 285 g/mol. The second-order valence-electron chi connectivity index (χ2n) is 5.59. The van der Waals surface area contributed by atoms with E-state index in [1.54, 1.807) is 7.11 Å². The molecule has 4 heteroatoms. The molecule has 1 N–H and O–H groups in total. The summed E-state index contributed by atoms with van der Waals surface area (Å²) >= 11 is 0. The largest absolute Gasteiger partial charge is 0.497 e. The number of aromatic nitrogens is 1. The van der Waals surface area contributed by atoms with Crippen molar-refractivity contribution in [2.75, 3.05) is 20.2 Å². The Labute approximate surface area is 126 Å². The van der Waals surface area contributed by atoms with Gasteiger partial charge < -0.3 is 4.74 Å². The fourth-order valence-corrected chi connectivity index (χ4v) is 2.89. The van der Waals surface area contributed by atoms with Gasteiger partial charge in [-0.2, -0.15) is 0 Å². The fourth-order valence-electron chi connectivity index (χ4n) is 2.89. The van der Waals surface area contributed by atoms with Gasteiger partial charge in [-0.15, -0.1) is 0 Å². The van der Waals surface area contributed by atoms with Gasteiger partial charge in [0, 0.05) is 31.2 Å². The van der Waals surface area contributed by atoms with Crippen molar-refractivity contribution in [3.63, 3.8) is 0 Å². The minimum absolute atomic E-state index is 0.839. The van der Waals surface area contributed by atoms with Crippen molar-refractivity contribution in [1.82, 2.24) is 15.4 Å². The highest BCUT2D eigenvalue weighted by atomic mass is 16.5. The summed E-state index contributed by atoms with van der Waals surface area (Å²) in [5.41, 5.74) is 5.86. The Morgan fingerprint density at radius 2 is 1.95 bits per heavy atom. The third-order valence-electron chi connectivity index (χ3n) is 4.14. The van der Waals surface area contributed by atoms with Crippen LogP contribution in [0.5, 0.6) is 5.75 Å². The number of methoxy groups -OCH3 is 1. The molecule has 4 nitrogen and oxygen atoms in total. The number of hydrogen-bond donors (Lipinski definition) is 1. The molecule has 1 fully saturated rings. The van der Waals surface area contributed by atoms with Crippen molar-refractivity contribution in [1.29, 1.82) is 0 Å². The maximum atomic E-state index is 5.33. The van der Waals surface area contributed by atoms with Crippen LogP contribution in [0.4, 0.5) is 0 Å². The molecule has 2 heterocycles. The summed E-state index contributed by atoms with van der Waals surface area (Å²) < 4.78 is 5.33. The van der Waals surface area contributed by atoms with Gasteiger partial charge in [0.2, 0.25) is 0 Å². The minimum atomic E-state index is 0.839. The van der Waals surface area contributed by atoms with Gasteiger partial charge in [-0.3, -0.25) is 10.4 Å². The molecule has 1 aromatic heterocycles. The van der Waals surface area contributed by atoms with Crippen LogP contribution in [0, 0.1) is 0 Å². The van der Waals surface area contributed by atoms with E-state index in [-0.39, 0.29) is 0 Å². The number of rotatable bonds is 4. The summed E-state index contributed by atoms with van der Waals surface area (Å²) in [6, 6.07) is 8.14. The fraction of sp³-hybridized carbons (Fsp3) is 0.471. The average molecular weight is 285 g/mol. The lowest BCUT2D eigenvalue weighted by Gasteiger charge is -2.21. The lowest BCUT2D eigenvalue weighted by atomic mass is 10.1. The van der Waals surface area contributed by atoms with Crippen LogP contribution in [0.1, 0.15) is 31.2 Å². The molecule has 0 spiro atoms. The lowest BCUT2D eigenvalue weighted by molar-refractivity contribution is 0.192. The molecular weight excluding hydrogens is 262 g/mol. The zero-order valence-electron chi connectivity index (χ0n) is 12.6. The Morgan fingerprint density at radius 3 is 2.71 bits per heavy atom. The summed E-state index contributed by atoms with van der Waals surface area (Å²) in [5.74, 6) is 0.881. The molecule has 0 bridgehead atoms. The standard InChI is InChI=1S/C17H23N3O/c1-21-15-6-7-17-16(12-15)14(8-9-18-17)13-19-20-10-4-2-3-5-11-20/h6-9,12,19H,2-5,10-11,13H2,1H3. The first-order valence-corrected chi connectivity index (χ1v) is 7.77. The Kier molecular flexibility index (Phi) is 4.68. The van der Waals surface area contributed by atoms with E-state index in [1.807, 2.05) is 18.3 Å². The molecule has 112 valence electrons. The Balaban J connectivity index is 1.76. The molecule has 0 amide bonds. The molecule has 1 aliphatic heterocycles. The van der Waals surface area contributed by atoms with Gasteiger partial charge in [-0.1, -0.05) is 12.8 Å². The van der Waals surface area contributed by atoms with Gasteiger partial charge in [-0.25, -0.2) is 5.01 Å². The maximum Gasteiger partial charge on any atom is 0.119 e. The van der Waals surface area contributed by atoms with Crippen LogP contribution in [0.25, 0.3) is 10.9 Å². The van der Waals surface area contributed by atoms with Crippen molar-refractivity contribution in [3.8, 4) is 5.75 Å². The average Bonchev–Trinajstić information content (AvgIpc) is 2.81. The van der Waals surface area contributed by atoms with E-state index in [4.69, 9.17) is 4.74 Å². The smallest absolute Gasteiger partial charge is 0.119 e. The van der Waals surface area contributed by atoms with Gasteiger partial charge >= 0.3 is 0 Å². The molecule has 2 aromatic rings. The number of nitrogens with one attached hydrogen (secondary N) is 1. The molecule has 0 atom stereocenters. The number of pyridine rings is 1. The molecule has 1 aliphatic rings. The molecular formula is C17H23N3O. The first kappa shape index (κ1) is 14.3. The number of ether oxygens (including phenoxy) is 1. The first-order chi connectivity index (χ1) is 10.4. The highest BCUT2D eigenvalue weighted by molar-refractivity contribution is 5.83. The van der Waals surface area contributed by atoms with Crippen molar-refractivity contribution in [2.45, 2.75) is 32.2 Å².